The Balaban J connectivity index is 2.91. The summed E-state index contributed by atoms with van der Waals surface area (Å²) in [5.74, 6) is 0.816. The van der Waals surface area contributed by atoms with Gasteiger partial charge >= 0.3 is 5.69 Å². The molecule has 0 aromatic carbocycles. The van der Waals surface area contributed by atoms with E-state index in [9.17, 15) is 9.59 Å². The van der Waals surface area contributed by atoms with Crippen molar-refractivity contribution in [2.45, 2.75) is 46.2 Å². The van der Waals surface area contributed by atoms with Crippen molar-refractivity contribution in [2.24, 2.45) is 7.05 Å². The summed E-state index contributed by atoms with van der Waals surface area (Å²) in [6, 6.07) is 1.86. The van der Waals surface area contributed by atoms with Gasteiger partial charge in [-0.2, -0.15) is 5.26 Å². The highest BCUT2D eigenvalue weighted by Gasteiger charge is 2.19. The molecule has 2 aromatic rings. The summed E-state index contributed by atoms with van der Waals surface area (Å²) in [6.45, 7) is 4.49. The van der Waals surface area contributed by atoms with Gasteiger partial charge in [-0.3, -0.25) is 9.36 Å². The zero-order valence-electron chi connectivity index (χ0n) is 12.6. The Hall–Kier alpha value is -2.36. The standard InChI is InChI=1S/C14H19N5O2/c1-4-6-10-16-12-11(18(10)8-5-2)13(20)19(9-7-15)14(21)17(12)3/h4-6,8-9H2,1-3H3. The van der Waals surface area contributed by atoms with Crippen LogP contribution in [0.1, 0.15) is 32.5 Å². The first-order chi connectivity index (χ1) is 10.1. The fourth-order valence-electron chi connectivity index (χ4n) is 2.51. The van der Waals surface area contributed by atoms with Crippen molar-refractivity contribution in [3.05, 3.63) is 26.7 Å². The lowest BCUT2D eigenvalue weighted by Gasteiger charge is -2.08. The molecule has 112 valence electrons. The van der Waals surface area contributed by atoms with E-state index in [4.69, 9.17) is 5.26 Å². The van der Waals surface area contributed by atoms with E-state index in [1.807, 2.05) is 24.5 Å². The molecule has 0 saturated heterocycles. The minimum absolute atomic E-state index is 0.248. The van der Waals surface area contributed by atoms with Gasteiger partial charge in [-0.25, -0.2) is 14.3 Å². The van der Waals surface area contributed by atoms with E-state index in [2.05, 4.69) is 4.98 Å². The third-order valence-corrected chi connectivity index (χ3v) is 3.46. The third kappa shape index (κ3) is 2.37. The first-order valence-corrected chi connectivity index (χ1v) is 7.12. The molecular formula is C14H19N5O2. The number of aromatic nitrogens is 4. The van der Waals surface area contributed by atoms with E-state index in [1.165, 1.54) is 4.57 Å². The first kappa shape index (κ1) is 15.0. The molecule has 0 amide bonds. The Labute approximate surface area is 122 Å². The van der Waals surface area contributed by atoms with Gasteiger partial charge in [-0.05, 0) is 12.8 Å². The summed E-state index contributed by atoms with van der Waals surface area (Å²) < 4.78 is 4.19. The monoisotopic (exact) mass is 289 g/mol. The number of aryl methyl sites for hydroxylation is 3. The van der Waals surface area contributed by atoms with Gasteiger partial charge < -0.3 is 4.57 Å². The van der Waals surface area contributed by atoms with Crippen molar-refractivity contribution in [3.63, 3.8) is 0 Å². The summed E-state index contributed by atoms with van der Waals surface area (Å²) in [7, 11) is 1.58. The van der Waals surface area contributed by atoms with Crippen LogP contribution < -0.4 is 11.2 Å². The van der Waals surface area contributed by atoms with Crippen LogP contribution >= 0.6 is 0 Å². The smallest absolute Gasteiger partial charge is 0.322 e. The molecule has 0 aliphatic heterocycles. The second-order valence-electron chi connectivity index (χ2n) is 4.99. The number of hydrogen-bond donors (Lipinski definition) is 0. The first-order valence-electron chi connectivity index (χ1n) is 7.12. The molecule has 0 N–H and O–H groups in total. The maximum atomic E-state index is 12.5. The highest BCUT2D eigenvalue weighted by atomic mass is 16.2. The highest BCUT2D eigenvalue weighted by molar-refractivity contribution is 5.71. The molecular weight excluding hydrogens is 270 g/mol. The number of fused-ring (bicyclic) bond motifs is 1. The lowest BCUT2D eigenvalue weighted by atomic mass is 10.3. The predicted octanol–water partition coefficient (Wildman–Crippen LogP) is 0.783. The van der Waals surface area contributed by atoms with Crippen LogP contribution in [0.2, 0.25) is 0 Å². The number of hydrogen-bond acceptors (Lipinski definition) is 4. The molecule has 7 nitrogen and oxygen atoms in total. The number of nitriles is 1. The molecule has 0 unspecified atom stereocenters. The van der Waals surface area contributed by atoms with Crippen molar-refractivity contribution < 1.29 is 0 Å². The quantitative estimate of drug-likeness (QED) is 0.814. The third-order valence-electron chi connectivity index (χ3n) is 3.46. The molecule has 21 heavy (non-hydrogen) atoms. The lowest BCUT2D eigenvalue weighted by molar-refractivity contribution is 0.635. The van der Waals surface area contributed by atoms with E-state index in [0.29, 0.717) is 17.7 Å². The molecule has 0 aliphatic carbocycles. The second-order valence-corrected chi connectivity index (χ2v) is 4.99. The van der Waals surface area contributed by atoms with Gasteiger partial charge in [0.1, 0.15) is 12.4 Å². The fraction of sp³-hybridized carbons (Fsp3) is 0.571. The molecule has 0 spiro atoms. The summed E-state index contributed by atoms with van der Waals surface area (Å²) in [5.41, 5.74) is -0.120. The normalized spacial score (nSPS) is 11.0. The van der Waals surface area contributed by atoms with Crippen LogP contribution in [0.15, 0.2) is 9.59 Å². The van der Waals surface area contributed by atoms with Crippen molar-refractivity contribution in [1.82, 2.24) is 18.7 Å². The van der Waals surface area contributed by atoms with Crippen molar-refractivity contribution in [1.29, 1.82) is 5.26 Å². The summed E-state index contributed by atoms with van der Waals surface area (Å²) >= 11 is 0. The van der Waals surface area contributed by atoms with Gasteiger partial charge in [0.05, 0.1) is 6.07 Å². The molecule has 0 atom stereocenters. The van der Waals surface area contributed by atoms with Gasteiger partial charge in [-0.1, -0.05) is 13.8 Å². The van der Waals surface area contributed by atoms with Gasteiger partial charge in [0.2, 0.25) is 0 Å². The number of imidazole rings is 1. The van der Waals surface area contributed by atoms with Gasteiger partial charge in [0, 0.05) is 20.0 Å². The minimum atomic E-state index is -0.502. The number of nitrogens with zero attached hydrogens (tertiary/aromatic N) is 5. The van der Waals surface area contributed by atoms with Crippen LogP contribution in [-0.4, -0.2) is 18.7 Å². The topological polar surface area (TPSA) is 85.6 Å². The molecule has 0 bridgehead atoms. The number of rotatable bonds is 5. The maximum Gasteiger partial charge on any atom is 0.333 e. The van der Waals surface area contributed by atoms with Gasteiger partial charge in [-0.15, -0.1) is 0 Å². The zero-order chi connectivity index (χ0) is 15.6. The molecule has 2 heterocycles. The summed E-state index contributed by atoms with van der Waals surface area (Å²) in [6.07, 6.45) is 2.52. The molecule has 0 aliphatic rings. The van der Waals surface area contributed by atoms with Crippen LogP contribution in [0, 0.1) is 11.3 Å². The van der Waals surface area contributed by atoms with E-state index in [1.54, 1.807) is 7.05 Å². The molecule has 0 fully saturated rings. The SMILES string of the molecule is CCCc1nc2c(c(=O)n(CC#N)c(=O)n2C)n1CCC. The zero-order valence-corrected chi connectivity index (χ0v) is 12.6. The summed E-state index contributed by atoms with van der Waals surface area (Å²) in [5, 5.41) is 8.81. The fourth-order valence-corrected chi connectivity index (χ4v) is 2.51. The minimum Gasteiger partial charge on any atom is -0.322 e. The van der Waals surface area contributed by atoms with Gasteiger partial charge in [0.15, 0.2) is 11.2 Å². The van der Waals surface area contributed by atoms with Crippen LogP contribution in [-0.2, 0) is 26.6 Å². The maximum absolute atomic E-state index is 12.5. The van der Waals surface area contributed by atoms with Crippen molar-refractivity contribution >= 4 is 11.2 Å². The Morgan fingerprint density at radius 2 is 1.90 bits per heavy atom. The predicted molar refractivity (Wildman–Crippen MR) is 79.1 cm³/mol. The Morgan fingerprint density at radius 1 is 1.19 bits per heavy atom. The van der Waals surface area contributed by atoms with Crippen molar-refractivity contribution in [2.75, 3.05) is 0 Å². The Bertz CT molecular complexity index is 819. The van der Waals surface area contributed by atoms with Crippen LogP contribution in [0.3, 0.4) is 0 Å². The highest BCUT2D eigenvalue weighted by Crippen LogP contribution is 2.13. The van der Waals surface area contributed by atoms with E-state index in [-0.39, 0.29) is 6.54 Å². The summed E-state index contributed by atoms with van der Waals surface area (Å²) in [4.78, 5) is 29.2. The second kappa shape index (κ2) is 5.95. The Morgan fingerprint density at radius 3 is 2.48 bits per heavy atom. The molecule has 2 rings (SSSR count). The molecule has 7 heteroatoms. The average Bonchev–Trinajstić information content (AvgIpc) is 2.81. The molecule has 0 saturated carbocycles. The molecule has 2 aromatic heterocycles. The average molecular weight is 289 g/mol. The van der Waals surface area contributed by atoms with E-state index < -0.39 is 11.2 Å². The Kier molecular flexibility index (Phi) is 4.26. The van der Waals surface area contributed by atoms with Gasteiger partial charge in [0.25, 0.3) is 5.56 Å². The van der Waals surface area contributed by atoms with E-state index >= 15 is 0 Å². The molecule has 0 radical (unpaired) electrons. The van der Waals surface area contributed by atoms with Crippen LogP contribution in [0.4, 0.5) is 0 Å². The van der Waals surface area contributed by atoms with Crippen LogP contribution in [0.5, 0.6) is 0 Å². The van der Waals surface area contributed by atoms with E-state index in [0.717, 1.165) is 29.7 Å². The van der Waals surface area contributed by atoms with Crippen molar-refractivity contribution in [3.8, 4) is 6.07 Å². The lowest BCUT2D eigenvalue weighted by Crippen LogP contribution is -2.39. The van der Waals surface area contributed by atoms with Crippen LogP contribution in [0.25, 0.3) is 11.2 Å². The largest absolute Gasteiger partial charge is 0.333 e.